The number of aromatic nitrogens is 2. The van der Waals surface area contributed by atoms with E-state index in [-0.39, 0.29) is 5.91 Å². The minimum absolute atomic E-state index is 0.0493. The Kier molecular flexibility index (Phi) is 4.83. The molecule has 0 radical (unpaired) electrons. The number of piperidine rings is 1. The molecule has 4 nitrogen and oxygen atoms in total. The van der Waals surface area contributed by atoms with Crippen LogP contribution in [0.25, 0.3) is 22.2 Å². The van der Waals surface area contributed by atoms with Gasteiger partial charge in [0.25, 0.3) is 5.91 Å². The summed E-state index contributed by atoms with van der Waals surface area (Å²) in [5, 5.41) is 1.40. The zero-order valence-electron chi connectivity index (χ0n) is 15.5. The number of fused-ring (bicyclic) bond motifs is 1. The maximum atomic E-state index is 13.4. The summed E-state index contributed by atoms with van der Waals surface area (Å²) in [4.78, 5) is 24.3. The standard InChI is InChI=1S/C22H22ClN3O/c1-14-8-15(2)13-26(12-14)22(27)19-10-21(16-4-3-7-24-11-16)25-20-6-5-17(23)9-18(19)20/h3-7,9-11,14-15H,8,12-13H2,1-2H3. The van der Waals surface area contributed by atoms with Gasteiger partial charge in [0.2, 0.25) is 0 Å². The molecule has 0 aliphatic carbocycles. The summed E-state index contributed by atoms with van der Waals surface area (Å²) < 4.78 is 0. The Bertz CT molecular complexity index is 980. The van der Waals surface area contributed by atoms with E-state index in [1.165, 1.54) is 0 Å². The van der Waals surface area contributed by atoms with E-state index in [1.54, 1.807) is 12.4 Å². The molecule has 0 spiro atoms. The van der Waals surface area contributed by atoms with Crippen LogP contribution in [-0.2, 0) is 0 Å². The second-order valence-electron chi connectivity index (χ2n) is 7.61. The smallest absolute Gasteiger partial charge is 0.254 e. The van der Waals surface area contributed by atoms with Crippen molar-refractivity contribution >= 4 is 28.4 Å². The number of benzene rings is 1. The molecule has 3 aromatic rings. The van der Waals surface area contributed by atoms with E-state index in [2.05, 4.69) is 18.8 Å². The number of carbonyl (C=O) groups excluding carboxylic acids is 1. The molecule has 0 bridgehead atoms. The molecule has 27 heavy (non-hydrogen) atoms. The average molecular weight is 380 g/mol. The third-order valence-corrected chi connectivity index (χ3v) is 5.35. The van der Waals surface area contributed by atoms with Crippen molar-refractivity contribution in [3.63, 3.8) is 0 Å². The third-order valence-electron chi connectivity index (χ3n) is 5.11. The molecule has 0 N–H and O–H groups in total. The van der Waals surface area contributed by atoms with Crippen molar-refractivity contribution in [3.8, 4) is 11.3 Å². The first-order chi connectivity index (χ1) is 13.0. The van der Waals surface area contributed by atoms with Crippen LogP contribution in [0.4, 0.5) is 0 Å². The van der Waals surface area contributed by atoms with Gasteiger partial charge in [-0.3, -0.25) is 9.78 Å². The van der Waals surface area contributed by atoms with Crippen LogP contribution in [0.1, 0.15) is 30.6 Å². The highest BCUT2D eigenvalue weighted by Crippen LogP contribution is 2.29. The SMILES string of the molecule is CC1CC(C)CN(C(=O)c2cc(-c3cccnc3)nc3ccc(Cl)cc23)C1. The highest BCUT2D eigenvalue weighted by atomic mass is 35.5. The van der Waals surface area contributed by atoms with Crippen molar-refractivity contribution in [2.24, 2.45) is 11.8 Å². The van der Waals surface area contributed by atoms with Crippen LogP contribution in [0, 0.1) is 11.8 Å². The fourth-order valence-electron chi connectivity index (χ4n) is 4.04. The van der Waals surface area contributed by atoms with Gasteiger partial charge < -0.3 is 4.90 Å². The number of halogens is 1. The van der Waals surface area contributed by atoms with Crippen molar-refractivity contribution in [2.75, 3.05) is 13.1 Å². The predicted octanol–water partition coefficient (Wildman–Crippen LogP) is 5.07. The molecule has 1 aliphatic heterocycles. The fourth-order valence-corrected chi connectivity index (χ4v) is 4.21. The van der Waals surface area contributed by atoms with Crippen molar-refractivity contribution < 1.29 is 4.79 Å². The number of carbonyl (C=O) groups is 1. The molecule has 1 saturated heterocycles. The fraction of sp³-hybridized carbons (Fsp3) is 0.318. The molecule has 0 saturated carbocycles. The second-order valence-corrected chi connectivity index (χ2v) is 8.05. The Morgan fingerprint density at radius 3 is 2.63 bits per heavy atom. The van der Waals surface area contributed by atoms with Crippen LogP contribution < -0.4 is 0 Å². The second kappa shape index (κ2) is 7.28. The summed E-state index contributed by atoms with van der Waals surface area (Å²) >= 11 is 6.22. The van der Waals surface area contributed by atoms with E-state index < -0.39 is 0 Å². The van der Waals surface area contributed by atoms with E-state index in [1.807, 2.05) is 41.3 Å². The molecular formula is C22H22ClN3O. The normalized spacial score (nSPS) is 20.0. The van der Waals surface area contributed by atoms with Crippen LogP contribution in [-0.4, -0.2) is 33.9 Å². The van der Waals surface area contributed by atoms with E-state index in [9.17, 15) is 4.79 Å². The molecule has 3 heterocycles. The van der Waals surface area contributed by atoms with Gasteiger partial charge in [0, 0.05) is 41.5 Å². The van der Waals surface area contributed by atoms with Crippen molar-refractivity contribution in [3.05, 3.63) is 59.4 Å². The molecule has 2 atom stereocenters. The lowest BCUT2D eigenvalue weighted by Gasteiger charge is -2.35. The third kappa shape index (κ3) is 3.67. The highest BCUT2D eigenvalue weighted by Gasteiger charge is 2.27. The van der Waals surface area contributed by atoms with Gasteiger partial charge in [-0.25, -0.2) is 4.98 Å². The number of amides is 1. The number of pyridine rings is 2. The lowest BCUT2D eigenvalue weighted by Crippen LogP contribution is -2.42. The van der Waals surface area contributed by atoms with Gasteiger partial charge in [-0.15, -0.1) is 0 Å². The van der Waals surface area contributed by atoms with E-state index >= 15 is 0 Å². The van der Waals surface area contributed by atoms with Crippen LogP contribution in [0.15, 0.2) is 48.8 Å². The van der Waals surface area contributed by atoms with Crippen LogP contribution in [0.2, 0.25) is 5.02 Å². The lowest BCUT2D eigenvalue weighted by atomic mass is 9.91. The van der Waals surface area contributed by atoms with Crippen LogP contribution in [0.3, 0.4) is 0 Å². The summed E-state index contributed by atoms with van der Waals surface area (Å²) in [5.41, 5.74) is 3.06. The van der Waals surface area contributed by atoms with Gasteiger partial charge in [-0.1, -0.05) is 25.4 Å². The van der Waals surface area contributed by atoms with Gasteiger partial charge in [0.15, 0.2) is 0 Å². The average Bonchev–Trinajstić information content (AvgIpc) is 2.66. The molecule has 2 unspecified atom stereocenters. The summed E-state index contributed by atoms with van der Waals surface area (Å²) in [6.45, 7) is 5.99. The number of hydrogen-bond acceptors (Lipinski definition) is 3. The highest BCUT2D eigenvalue weighted by molar-refractivity contribution is 6.31. The molecular weight excluding hydrogens is 358 g/mol. The number of nitrogens with zero attached hydrogens (tertiary/aromatic N) is 3. The first-order valence-corrected chi connectivity index (χ1v) is 9.69. The molecule has 5 heteroatoms. The summed E-state index contributed by atoms with van der Waals surface area (Å²) in [5.74, 6) is 1.06. The Hall–Kier alpha value is -2.46. The topological polar surface area (TPSA) is 46.1 Å². The van der Waals surface area contributed by atoms with E-state index in [0.717, 1.165) is 41.7 Å². The molecule has 4 rings (SSSR count). The Morgan fingerprint density at radius 2 is 1.93 bits per heavy atom. The minimum atomic E-state index is 0.0493. The lowest BCUT2D eigenvalue weighted by molar-refractivity contribution is 0.0625. The number of likely N-dealkylation sites (tertiary alicyclic amines) is 1. The van der Waals surface area contributed by atoms with Gasteiger partial charge in [0.05, 0.1) is 16.8 Å². The van der Waals surface area contributed by atoms with Gasteiger partial charge in [-0.2, -0.15) is 0 Å². The molecule has 1 aromatic carbocycles. The summed E-state index contributed by atoms with van der Waals surface area (Å²) in [6, 6.07) is 11.2. The van der Waals surface area contributed by atoms with E-state index in [0.29, 0.717) is 22.4 Å². The monoisotopic (exact) mass is 379 g/mol. The van der Waals surface area contributed by atoms with Gasteiger partial charge in [-0.05, 0) is 54.7 Å². The maximum absolute atomic E-state index is 13.4. The zero-order chi connectivity index (χ0) is 19.0. The first-order valence-electron chi connectivity index (χ1n) is 9.31. The van der Waals surface area contributed by atoms with Crippen LogP contribution >= 0.6 is 11.6 Å². The number of hydrogen-bond donors (Lipinski definition) is 0. The number of rotatable bonds is 2. The maximum Gasteiger partial charge on any atom is 0.254 e. The van der Waals surface area contributed by atoms with Gasteiger partial charge in [0.1, 0.15) is 0 Å². The van der Waals surface area contributed by atoms with Crippen molar-refractivity contribution in [1.29, 1.82) is 0 Å². The predicted molar refractivity (Wildman–Crippen MR) is 109 cm³/mol. The summed E-state index contributed by atoms with van der Waals surface area (Å²) in [6.07, 6.45) is 4.66. The largest absolute Gasteiger partial charge is 0.338 e. The Morgan fingerprint density at radius 1 is 1.15 bits per heavy atom. The molecule has 1 fully saturated rings. The Balaban J connectivity index is 1.84. The molecule has 2 aromatic heterocycles. The van der Waals surface area contributed by atoms with Gasteiger partial charge >= 0.3 is 0 Å². The van der Waals surface area contributed by atoms with Crippen LogP contribution in [0.5, 0.6) is 0 Å². The van der Waals surface area contributed by atoms with Crippen molar-refractivity contribution in [2.45, 2.75) is 20.3 Å². The quantitative estimate of drug-likeness (QED) is 0.624. The van der Waals surface area contributed by atoms with Crippen molar-refractivity contribution in [1.82, 2.24) is 14.9 Å². The zero-order valence-corrected chi connectivity index (χ0v) is 16.3. The molecule has 1 aliphatic rings. The van der Waals surface area contributed by atoms with E-state index in [4.69, 9.17) is 16.6 Å². The molecule has 1 amide bonds. The minimum Gasteiger partial charge on any atom is -0.338 e. The summed E-state index contributed by atoms with van der Waals surface area (Å²) in [7, 11) is 0. The Labute approximate surface area is 164 Å². The first kappa shape index (κ1) is 17.9. The molecule has 138 valence electrons.